The minimum atomic E-state index is -0.691. The van der Waals surface area contributed by atoms with E-state index in [2.05, 4.69) is 4.99 Å². The first kappa shape index (κ1) is 7.69. The van der Waals surface area contributed by atoms with Crippen molar-refractivity contribution in [1.82, 2.24) is 0 Å². The van der Waals surface area contributed by atoms with Gasteiger partial charge in [0.05, 0.1) is 0 Å². The number of rotatable bonds is 3. The summed E-state index contributed by atoms with van der Waals surface area (Å²) in [6.45, 7) is 2.41. The molecule has 58 valence electrons. The molecule has 1 rings (SSSR count). The summed E-state index contributed by atoms with van der Waals surface area (Å²) >= 11 is 0. The lowest BCUT2D eigenvalue weighted by Gasteiger charge is -2.14. The van der Waals surface area contributed by atoms with Crippen molar-refractivity contribution >= 4 is 6.21 Å². The summed E-state index contributed by atoms with van der Waals surface area (Å²) < 4.78 is 4.97. The van der Waals surface area contributed by atoms with Crippen LogP contribution >= 0.6 is 0 Å². The predicted octanol–water partition coefficient (Wildman–Crippen LogP) is 0.575. The number of aliphatic hydroxyl groups excluding tert-OH is 1. The highest BCUT2D eigenvalue weighted by atomic mass is 16.6. The van der Waals surface area contributed by atoms with Crippen LogP contribution in [0.25, 0.3) is 0 Å². The van der Waals surface area contributed by atoms with Crippen molar-refractivity contribution in [3.8, 4) is 0 Å². The summed E-state index contributed by atoms with van der Waals surface area (Å²) in [5.74, 6) is 0. The van der Waals surface area contributed by atoms with Gasteiger partial charge in [-0.2, -0.15) is 0 Å². The van der Waals surface area contributed by atoms with Crippen molar-refractivity contribution in [2.45, 2.75) is 32.1 Å². The summed E-state index contributed by atoms with van der Waals surface area (Å²) in [6.07, 6.45) is 3.03. The number of ether oxygens (including phenoxy) is 1. The molecular formula is C7H13NO2. The molecule has 1 N–H and O–H groups in total. The van der Waals surface area contributed by atoms with Crippen LogP contribution in [0.15, 0.2) is 4.99 Å². The highest BCUT2D eigenvalue weighted by Crippen LogP contribution is 2.12. The fourth-order valence-electron chi connectivity index (χ4n) is 1.03. The lowest BCUT2D eigenvalue weighted by molar-refractivity contribution is -0.108. The highest BCUT2D eigenvalue weighted by molar-refractivity contribution is 5.59. The van der Waals surface area contributed by atoms with Crippen LogP contribution in [-0.2, 0) is 4.74 Å². The monoisotopic (exact) mass is 143 g/mol. The first-order valence-electron chi connectivity index (χ1n) is 3.66. The van der Waals surface area contributed by atoms with Gasteiger partial charge in [0.25, 0.3) is 0 Å². The Hall–Kier alpha value is -0.410. The molecule has 0 radical (unpaired) electrons. The summed E-state index contributed by atoms with van der Waals surface area (Å²) in [5, 5.41) is 9.21. The SMILES string of the molecule is CCOC(O)C1CCC=N1. The topological polar surface area (TPSA) is 41.8 Å². The Labute approximate surface area is 60.7 Å². The number of hydrogen-bond donors (Lipinski definition) is 1. The Morgan fingerprint density at radius 2 is 2.70 bits per heavy atom. The molecule has 0 aliphatic carbocycles. The molecule has 3 nitrogen and oxygen atoms in total. The largest absolute Gasteiger partial charge is 0.366 e. The van der Waals surface area contributed by atoms with Crippen molar-refractivity contribution in [3.63, 3.8) is 0 Å². The van der Waals surface area contributed by atoms with Crippen molar-refractivity contribution < 1.29 is 9.84 Å². The summed E-state index contributed by atoms with van der Waals surface area (Å²) in [7, 11) is 0. The molecule has 0 aromatic heterocycles. The lowest BCUT2D eigenvalue weighted by atomic mass is 10.2. The van der Waals surface area contributed by atoms with E-state index in [0.29, 0.717) is 6.61 Å². The smallest absolute Gasteiger partial charge is 0.177 e. The average molecular weight is 143 g/mol. The van der Waals surface area contributed by atoms with E-state index in [9.17, 15) is 5.11 Å². The van der Waals surface area contributed by atoms with Crippen LogP contribution in [0.2, 0.25) is 0 Å². The molecular weight excluding hydrogens is 130 g/mol. The molecule has 1 heterocycles. The van der Waals surface area contributed by atoms with Crippen molar-refractivity contribution in [2.24, 2.45) is 4.99 Å². The van der Waals surface area contributed by atoms with Crippen molar-refractivity contribution in [3.05, 3.63) is 0 Å². The van der Waals surface area contributed by atoms with Gasteiger partial charge in [-0.15, -0.1) is 0 Å². The zero-order valence-corrected chi connectivity index (χ0v) is 6.16. The second-order valence-corrected chi connectivity index (χ2v) is 2.32. The second kappa shape index (κ2) is 3.68. The molecule has 0 saturated carbocycles. The number of hydrogen-bond acceptors (Lipinski definition) is 3. The fraction of sp³-hybridized carbons (Fsp3) is 0.857. The van der Waals surface area contributed by atoms with Crippen LogP contribution in [0.5, 0.6) is 0 Å². The maximum Gasteiger partial charge on any atom is 0.177 e. The molecule has 10 heavy (non-hydrogen) atoms. The molecule has 0 spiro atoms. The molecule has 1 aliphatic rings. The lowest BCUT2D eigenvalue weighted by Crippen LogP contribution is -2.25. The molecule has 0 fully saturated rings. The highest BCUT2D eigenvalue weighted by Gasteiger charge is 2.19. The molecule has 0 aromatic carbocycles. The van der Waals surface area contributed by atoms with Gasteiger partial charge >= 0.3 is 0 Å². The van der Waals surface area contributed by atoms with E-state index < -0.39 is 6.29 Å². The van der Waals surface area contributed by atoms with Gasteiger partial charge in [0.2, 0.25) is 0 Å². The van der Waals surface area contributed by atoms with E-state index in [1.165, 1.54) is 0 Å². The maximum atomic E-state index is 9.21. The van der Waals surface area contributed by atoms with Gasteiger partial charge in [-0.3, -0.25) is 4.99 Å². The fourth-order valence-corrected chi connectivity index (χ4v) is 1.03. The third-order valence-corrected chi connectivity index (χ3v) is 1.56. The molecule has 2 atom stereocenters. The van der Waals surface area contributed by atoms with Gasteiger partial charge in [0, 0.05) is 6.61 Å². The van der Waals surface area contributed by atoms with Gasteiger partial charge in [-0.25, -0.2) is 0 Å². The summed E-state index contributed by atoms with van der Waals surface area (Å²) in [4.78, 5) is 4.05. The second-order valence-electron chi connectivity index (χ2n) is 2.32. The van der Waals surface area contributed by atoms with Crippen LogP contribution in [0.3, 0.4) is 0 Å². The van der Waals surface area contributed by atoms with Crippen LogP contribution in [0.1, 0.15) is 19.8 Å². The zero-order valence-electron chi connectivity index (χ0n) is 6.16. The first-order valence-corrected chi connectivity index (χ1v) is 3.66. The summed E-state index contributed by atoms with van der Waals surface area (Å²) in [5.41, 5.74) is 0. The molecule has 2 unspecified atom stereocenters. The van der Waals surface area contributed by atoms with Crippen LogP contribution in [-0.4, -0.2) is 30.3 Å². The predicted molar refractivity (Wildman–Crippen MR) is 39.1 cm³/mol. The van der Waals surface area contributed by atoms with E-state index in [-0.39, 0.29) is 6.04 Å². The quantitative estimate of drug-likeness (QED) is 0.587. The molecule has 1 aliphatic heterocycles. The van der Waals surface area contributed by atoms with Gasteiger partial charge in [0.15, 0.2) is 6.29 Å². The van der Waals surface area contributed by atoms with Gasteiger partial charge in [0.1, 0.15) is 6.04 Å². The van der Waals surface area contributed by atoms with Gasteiger partial charge in [-0.05, 0) is 26.0 Å². The standard InChI is InChI=1S/C7H13NO2/c1-2-10-7(9)6-4-3-5-8-6/h5-7,9H,2-4H2,1H3. The zero-order chi connectivity index (χ0) is 7.40. The third-order valence-electron chi connectivity index (χ3n) is 1.56. The summed E-state index contributed by atoms with van der Waals surface area (Å²) in [6, 6.07) is -0.0139. The third kappa shape index (κ3) is 1.78. The van der Waals surface area contributed by atoms with Crippen LogP contribution in [0, 0.1) is 0 Å². The van der Waals surface area contributed by atoms with E-state index >= 15 is 0 Å². The Morgan fingerprint density at radius 3 is 3.20 bits per heavy atom. The normalized spacial score (nSPS) is 27.2. The minimum Gasteiger partial charge on any atom is -0.366 e. The Kier molecular flexibility index (Phi) is 2.83. The number of nitrogens with zero attached hydrogens (tertiary/aromatic N) is 1. The molecule has 0 saturated heterocycles. The number of aliphatic imine (C=N–C) groups is 1. The Bertz CT molecular complexity index is 125. The Morgan fingerprint density at radius 1 is 1.90 bits per heavy atom. The first-order chi connectivity index (χ1) is 4.84. The van der Waals surface area contributed by atoms with Crippen molar-refractivity contribution in [2.75, 3.05) is 6.61 Å². The Balaban J connectivity index is 2.26. The minimum absolute atomic E-state index is 0.0139. The van der Waals surface area contributed by atoms with E-state index in [1.807, 2.05) is 13.1 Å². The van der Waals surface area contributed by atoms with Crippen LogP contribution < -0.4 is 0 Å². The van der Waals surface area contributed by atoms with Gasteiger partial charge in [-0.1, -0.05) is 0 Å². The van der Waals surface area contributed by atoms with Crippen molar-refractivity contribution in [1.29, 1.82) is 0 Å². The molecule has 0 aromatic rings. The number of aliphatic hydroxyl groups is 1. The van der Waals surface area contributed by atoms with Crippen LogP contribution in [0.4, 0.5) is 0 Å². The van der Waals surface area contributed by atoms with Gasteiger partial charge < -0.3 is 9.84 Å². The van der Waals surface area contributed by atoms with E-state index in [1.54, 1.807) is 0 Å². The molecule has 0 bridgehead atoms. The average Bonchev–Trinajstić information content (AvgIpc) is 2.38. The molecule has 0 amide bonds. The van der Waals surface area contributed by atoms with E-state index in [0.717, 1.165) is 12.8 Å². The molecule has 3 heteroatoms. The van der Waals surface area contributed by atoms with E-state index in [4.69, 9.17) is 4.74 Å². The maximum absolute atomic E-state index is 9.21.